The van der Waals surface area contributed by atoms with Gasteiger partial charge in [-0.2, -0.15) is 4.31 Å². The molecule has 1 aromatic carbocycles. The zero-order valence-corrected chi connectivity index (χ0v) is 17.5. The Labute approximate surface area is 173 Å². The Bertz CT molecular complexity index is 954. The molecule has 9 nitrogen and oxygen atoms in total. The number of hydrogen-bond acceptors (Lipinski definition) is 7. The van der Waals surface area contributed by atoms with Crippen LogP contribution in [0.4, 0.5) is 5.82 Å². The van der Waals surface area contributed by atoms with E-state index in [0.717, 1.165) is 0 Å². The highest BCUT2D eigenvalue weighted by Crippen LogP contribution is 2.17. The fraction of sp³-hybridized carbons (Fsp3) is 0.389. The van der Waals surface area contributed by atoms with Crippen LogP contribution in [0.1, 0.15) is 5.76 Å². The summed E-state index contributed by atoms with van der Waals surface area (Å²) >= 11 is 1.20. The molecule has 0 saturated carbocycles. The molecule has 29 heavy (non-hydrogen) atoms. The molecule has 0 bridgehead atoms. The second-order valence-corrected chi connectivity index (χ2v) is 9.39. The summed E-state index contributed by atoms with van der Waals surface area (Å²) in [4.78, 5) is 26.1. The van der Waals surface area contributed by atoms with Crippen LogP contribution in [0.15, 0.2) is 45.8 Å². The lowest BCUT2D eigenvalue weighted by atomic mass is 10.3. The Morgan fingerprint density at radius 1 is 1.14 bits per heavy atom. The summed E-state index contributed by atoms with van der Waals surface area (Å²) in [7, 11) is -3.54. The van der Waals surface area contributed by atoms with Gasteiger partial charge in [0, 0.05) is 32.2 Å². The van der Waals surface area contributed by atoms with E-state index in [1.807, 2.05) is 0 Å². The molecule has 1 N–H and O–H groups in total. The number of carbonyl (C=O) groups is 2. The highest BCUT2D eigenvalue weighted by molar-refractivity contribution is 8.00. The summed E-state index contributed by atoms with van der Waals surface area (Å²) in [6, 6.07) is 9.87. The Balaban J connectivity index is 1.41. The van der Waals surface area contributed by atoms with Gasteiger partial charge < -0.3 is 14.7 Å². The van der Waals surface area contributed by atoms with Crippen LogP contribution in [-0.2, 0) is 19.6 Å². The predicted molar refractivity (Wildman–Crippen MR) is 109 cm³/mol. The molecule has 156 valence electrons. The van der Waals surface area contributed by atoms with Gasteiger partial charge in [-0.05, 0) is 19.1 Å². The van der Waals surface area contributed by atoms with Gasteiger partial charge in [-0.3, -0.25) is 9.59 Å². The van der Waals surface area contributed by atoms with Gasteiger partial charge in [-0.15, -0.1) is 11.8 Å². The lowest BCUT2D eigenvalue weighted by Crippen LogP contribution is -2.51. The molecule has 0 atom stereocenters. The summed E-state index contributed by atoms with van der Waals surface area (Å²) < 4.78 is 31.5. The molecule has 1 fully saturated rings. The summed E-state index contributed by atoms with van der Waals surface area (Å²) in [6.45, 7) is 2.88. The van der Waals surface area contributed by atoms with E-state index in [4.69, 9.17) is 4.52 Å². The van der Waals surface area contributed by atoms with E-state index in [1.165, 1.54) is 16.1 Å². The number of carbonyl (C=O) groups excluding carboxylic acids is 2. The van der Waals surface area contributed by atoms with Crippen molar-refractivity contribution in [2.45, 2.75) is 11.8 Å². The first-order valence-electron chi connectivity index (χ1n) is 9.00. The molecule has 2 heterocycles. The summed E-state index contributed by atoms with van der Waals surface area (Å²) in [5.74, 6) is 0.815. The van der Waals surface area contributed by atoms with Crippen LogP contribution < -0.4 is 5.32 Å². The molecule has 1 aliphatic rings. The Hall–Kier alpha value is -2.37. The van der Waals surface area contributed by atoms with Crippen LogP contribution in [0.25, 0.3) is 0 Å². The highest BCUT2D eigenvalue weighted by atomic mass is 32.2. The SMILES string of the molecule is Cc1cc(NC(=O)CSCC(=O)N2CCN(S(=O)(=O)c3ccccc3)CC2)no1. The molecule has 0 unspecified atom stereocenters. The first kappa shape index (κ1) is 21.3. The van der Waals surface area contributed by atoms with Gasteiger partial charge in [-0.25, -0.2) is 8.42 Å². The normalized spacial score (nSPS) is 15.3. The third-order valence-electron chi connectivity index (χ3n) is 4.33. The fourth-order valence-electron chi connectivity index (χ4n) is 2.85. The van der Waals surface area contributed by atoms with Crippen molar-refractivity contribution < 1.29 is 22.5 Å². The second-order valence-electron chi connectivity index (χ2n) is 6.46. The molecular weight excluding hydrogens is 416 g/mol. The maximum absolute atomic E-state index is 12.6. The lowest BCUT2D eigenvalue weighted by molar-refractivity contribution is -0.129. The van der Waals surface area contributed by atoms with Gasteiger partial charge >= 0.3 is 0 Å². The number of benzene rings is 1. The second kappa shape index (κ2) is 9.42. The molecule has 1 saturated heterocycles. The van der Waals surface area contributed by atoms with Crippen molar-refractivity contribution in [1.82, 2.24) is 14.4 Å². The van der Waals surface area contributed by atoms with Gasteiger partial charge in [0.25, 0.3) is 0 Å². The van der Waals surface area contributed by atoms with Crippen molar-refractivity contribution in [2.75, 3.05) is 43.0 Å². The Morgan fingerprint density at radius 2 is 1.83 bits per heavy atom. The van der Waals surface area contributed by atoms with Crippen LogP contribution in [-0.4, -0.2) is 72.3 Å². The van der Waals surface area contributed by atoms with Crippen molar-refractivity contribution >= 4 is 39.4 Å². The van der Waals surface area contributed by atoms with E-state index < -0.39 is 10.0 Å². The largest absolute Gasteiger partial charge is 0.360 e. The first-order valence-corrected chi connectivity index (χ1v) is 11.6. The number of nitrogens with zero attached hydrogens (tertiary/aromatic N) is 3. The van der Waals surface area contributed by atoms with E-state index in [2.05, 4.69) is 10.5 Å². The number of rotatable bonds is 7. The third-order valence-corrected chi connectivity index (χ3v) is 7.16. The zero-order chi connectivity index (χ0) is 20.9. The van der Waals surface area contributed by atoms with Crippen molar-refractivity contribution in [1.29, 1.82) is 0 Å². The van der Waals surface area contributed by atoms with E-state index in [0.29, 0.717) is 24.7 Å². The van der Waals surface area contributed by atoms with Gasteiger partial charge in [0.2, 0.25) is 21.8 Å². The highest BCUT2D eigenvalue weighted by Gasteiger charge is 2.29. The minimum atomic E-state index is -3.54. The van der Waals surface area contributed by atoms with Gasteiger partial charge in [0.05, 0.1) is 16.4 Å². The number of nitrogens with one attached hydrogen (secondary N) is 1. The molecule has 0 spiro atoms. The molecule has 1 aliphatic heterocycles. The van der Waals surface area contributed by atoms with Crippen molar-refractivity contribution in [2.24, 2.45) is 0 Å². The van der Waals surface area contributed by atoms with Crippen molar-refractivity contribution in [3.8, 4) is 0 Å². The number of anilines is 1. The fourth-order valence-corrected chi connectivity index (χ4v) is 5.01. The number of aromatic nitrogens is 1. The van der Waals surface area contributed by atoms with E-state index in [9.17, 15) is 18.0 Å². The molecule has 2 amide bonds. The van der Waals surface area contributed by atoms with Crippen molar-refractivity contribution in [3.63, 3.8) is 0 Å². The topological polar surface area (TPSA) is 113 Å². The van der Waals surface area contributed by atoms with Crippen LogP contribution >= 0.6 is 11.8 Å². The molecule has 0 radical (unpaired) electrons. The number of hydrogen-bond donors (Lipinski definition) is 1. The Morgan fingerprint density at radius 3 is 2.45 bits per heavy atom. The maximum Gasteiger partial charge on any atom is 0.243 e. The lowest BCUT2D eigenvalue weighted by Gasteiger charge is -2.34. The standard InChI is InChI=1S/C18H22N4O5S2/c1-14-11-16(20-27-14)19-17(23)12-28-13-18(24)21-7-9-22(10-8-21)29(25,26)15-5-3-2-4-6-15/h2-6,11H,7-10,12-13H2,1H3,(H,19,20,23). The van der Waals surface area contributed by atoms with Crippen LogP contribution in [0.5, 0.6) is 0 Å². The summed E-state index contributed by atoms with van der Waals surface area (Å²) in [6.07, 6.45) is 0. The van der Waals surface area contributed by atoms with Crippen LogP contribution in [0.3, 0.4) is 0 Å². The molecular formula is C18H22N4O5S2. The average Bonchev–Trinajstić information content (AvgIpc) is 3.13. The van der Waals surface area contributed by atoms with Crippen molar-refractivity contribution in [3.05, 3.63) is 42.2 Å². The van der Waals surface area contributed by atoms with Crippen LogP contribution in [0.2, 0.25) is 0 Å². The van der Waals surface area contributed by atoms with E-state index >= 15 is 0 Å². The number of sulfonamides is 1. The van der Waals surface area contributed by atoms with Gasteiger partial charge in [0.15, 0.2) is 5.82 Å². The Kier molecular flexibility index (Phi) is 6.93. The number of amides is 2. The number of piperazine rings is 1. The summed E-state index contributed by atoms with van der Waals surface area (Å²) in [5, 5.41) is 6.27. The van der Waals surface area contributed by atoms with Gasteiger partial charge in [0.1, 0.15) is 5.76 Å². The smallest absolute Gasteiger partial charge is 0.243 e. The van der Waals surface area contributed by atoms with Crippen LogP contribution in [0, 0.1) is 6.92 Å². The number of thioether (sulfide) groups is 1. The molecule has 3 rings (SSSR count). The average molecular weight is 439 g/mol. The van der Waals surface area contributed by atoms with E-state index in [-0.39, 0.29) is 41.3 Å². The quantitative estimate of drug-likeness (QED) is 0.691. The van der Waals surface area contributed by atoms with E-state index in [1.54, 1.807) is 48.2 Å². The molecule has 1 aromatic heterocycles. The molecule has 11 heteroatoms. The minimum Gasteiger partial charge on any atom is -0.360 e. The summed E-state index contributed by atoms with van der Waals surface area (Å²) in [5.41, 5.74) is 0. The first-order chi connectivity index (χ1) is 13.9. The minimum absolute atomic E-state index is 0.111. The monoisotopic (exact) mass is 438 g/mol. The third kappa shape index (κ3) is 5.58. The predicted octanol–water partition coefficient (Wildman–Crippen LogP) is 1.19. The molecule has 2 aromatic rings. The maximum atomic E-state index is 12.6. The number of aryl methyl sites for hydroxylation is 1. The zero-order valence-electron chi connectivity index (χ0n) is 15.9. The molecule has 0 aliphatic carbocycles. The van der Waals surface area contributed by atoms with Gasteiger partial charge in [-0.1, -0.05) is 23.4 Å².